The molecule has 0 unspecified atom stereocenters. The van der Waals surface area contributed by atoms with Crippen LogP contribution < -0.4 is 10.1 Å². The molecule has 0 aliphatic carbocycles. The van der Waals surface area contributed by atoms with E-state index in [-0.39, 0.29) is 12.5 Å². The van der Waals surface area contributed by atoms with Gasteiger partial charge in [-0.1, -0.05) is 29.8 Å². The Labute approximate surface area is 139 Å². The normalized spacial score (nSPS) is 10.4. The number of rotatable bonds is 5. The Balaban J connectivity index is 1.62. The van der Waals surface area contributed by atoms with Gasteiger partial charge in [0, 0.05) is 18.3 Å². The topological polar surface area (TPSA) is 81.9 Å². The van der Waals surface area contributed by atoms with Crippen molar-refractivity contribution in [1.29, 1.82) is 0 Å². The number of tetrazole rings is 1. The number of anilines is 1. The second kappa shape index (κ2) is 6.91. The minimum absolute atomic E-state index is 0.0567. The maximum absolute atomic E-state index is 12.0. The molecule has 1 aromatic heterocycles. The Bertz CT molecular complexity index is 842. The highest BCUT2D eigenvalue weighted by Crippen LogP contribution is 2.19. The number of benzene rings is 2. The summed E-state index contributed by atoms with van der Waals surface area (Å²) >= 11 is 0. The first-order valence-electron chi connectivity index (χ1n) is 7.44. The van der Waals surface area contributed by atoms with E-state index in [9.17, 15) is 4.79 Å². The van der Waals surface area contributed by atoms with Gasteiger partial charge in [0.15, 0.2) is 12.4 Å². The summed E-state index contributed by atoms with van der Waals surface area (Å²) in [6.07, 6.45) is 0. The molecule has 0 atom stereocenters. The van der Waals surface area contributed by atoms with Crippen LogP contribution in [0.1, 0.15) is 5.56 Å². The summed E-state index contributed by atoms with van der Waals surface area (Å²) in [6, 6.07) is 14.9. The average molecular weight is 323 g/mol. The van der Waals surface area contributed by atoms with Gasteiger partial charge in [0.05, 0.1) is 0 Å². The van der Waals surface area contributed by atoms with Crippen LogP contribution in [0.5, 0.6) is 5.75 Å². The highest BCUT2D eigenvalue weighted by atomic mass is 16.5. The molecular weight excluding hydrogens is 306 g/mol. The van der Waals surface area contributed by atoms with E-state index in [4.69, 9.17) is 4.74 Å². The first kappa shape index (κ1) is 15.7. The minimum atomic E-state index is -0.233. The molecule has 24 heavy (non-hydrogen) atoms. The van der Waals surface area contributed by atoms with E-state index in [1.54, 1.807) is 17.8 Å². The van der Waals surface area contributed by atoms with Crippen molar-refractivity contribution in [2.75, 3.05) is 11.9 Å². The Kier molecular flexibility index (Phi) is 4.51. The third kappa shape index (κ3) is 3.75. The van der Waals surface area contributed by atoms with Crippen LogP contribution in [0.15, 0.2) is 48.5 Å². The van der Waals surface area contributed by atoms with E-state index in [1.807, 2.05) is 49.4 Å². The van der Waals surface area contributed by atoms with Gasteiger partial charge in [-0.15, -0.1) is 5.10 Å². The molecule has 122 valence electrons. The van der Waals surface area contributed by atoms with Crippen molar-refractivity contribution in [2.45, 2.75) is 6.92 Å². The fourth-order valence-corrected chi connectivity index (χ4v) is 2.19. The van der Waals surface area contributed by atoms with Gasteiger partial charge in [-0.05, 0) is 41.6 Å². The molecule has 0 saturated carbocycles. The van der Waals surface area contributed by atoms with Crippen molar-refractivity contribution < 1.29 is 9.53 Å². The number of carbonyl (C=O) groups is 1. The molecule has 7 heteroatoms. The van der Waals surface area contributed by atoms with Crippen molar-refractivity contribution >= 4 is 11.6 Å². The van der Waals surface area contributed by atoms with Crippen LogP contribution in [0.4, 0.5) is 5.69 Å². The lowest BCUT2D eigenvalue weighted by molar-refractivity contribution is -0.118. The highest BCUT2D eigenvalue weighted by molar-refractivity contribution is 5.92. The molecule has 1 amide bonds. The molecule has 2 aromatic carbocycles. The van der Waals surface area contributed by atoms with Crippen LogP contribution in [0.3, 0.4) is 0 Å². The van der Waals surface area contributed by atoms with E-state index in [2.05, 4.69) is 20.8 Å². The van der Waals surface area contributed by atoms with E-state index >= 15 is 0 Å². The monoisotopic (exact) mass is 323 g/mol. The smallest absolute Gasteiger partial charge is 0.262 e. The lowest BCUT2D eigenvalue weighted by Crippen LogP contribution is -2.20. The number of nitrogens with one attached hydrogen (secondary N) is 1. The number of hydrogen-bond acceptors (Lipinski definition) is 5. The largest absolute Gasteiger partial charge is 0.484 e. The Hall–Kier alpha value is -3.22. The summed E-state index contributed by atoms with van der Waals surface area (Å²) in [5.74, 6) is 1.06. The molecule has 0 saturated heterocycles. The molecular formula is C17H17N5O2. The summed E-state index contributed by atoms with van der Waals surface area (Å²) < 4.78 is 7.04. The maximum Gasteiger partial charge on any atom is 0.262 e. The van der Waals surface area contributed by atoms with Crippen LogP contribution in [-0.4, -0.2) is 32.7 Å². The van der Waals surface area contributed by atoms with Crippen molar-refractivity contribution in [3.8, 4) is 17.1 Å². The Morgan fingerprint density at radius 1 is 1.21 bits per heavy atom. The molecule has 3 rings (SSSR count). The average Bonchev–Trinajstić information content (AvgIpc) is 3.01. The van der Waals surface area contributed by atoms with Crippen LogP contribution in [0.25, 0.3) is 11.4 Å². The zero-order chi connectivity index (χ0) is 16.9. The van der Waals surface area contributed by atoms with E-state index in [0.717, 1.165) is 11.1 Å². The molecule has 7 nitrogen and oxygen atoms in total. The predicted molar refractivity (Wildman–Crippen MR) is 89.5 cm³/mol. The molecule has 3 aromatic rings. The number of nitrogens with zero attached hydrogens (tertiary/aromatic N) is 4. The van der Waals surface area contributed by atoms with Crippen LogP contribution in [0.2, 0.25) is 0 Å². The van der Waals surface area contributed by atoms with E-state index in [0.29, 0.717) is 17.3 Å². The molecule has 0 aliphatic heterocycles. The zero-order valence-corrected chi connectivity index (χ0v) is 13.4. The van der Waals surface area contributed by atoms with E-state index < -0.39 is 0 Å². The maximum atomic E-state index is 12.0. The summed E-state index contributed by atoms with van der Waals surface area (Å²) in [7, 11) is 1.76. The van der Waals surface area contributed by atoms with Gasteiger partial charge in [0.25, 0.3) is 5.91 Å². The standard InChI is InChI=1S/C17H17N5O2/c1-12-6-8-15(9-7-12)24-11-16(23)18-14-5-3-4-13(10-14)17-19-20-21-22(17)2/h3-10H,11H2,1-2H3,(H,18,23). The van der Waals surface area contributed by atoms with Crippen molar-refractivity contribution in [3.63, 3.8) is 0 Å². The number of carbonyl (C=O) groups excluding carboxylic acids is 1. The van der Waals surface area contributed by atoms with Crippen LogP contribution in [-0.2, 0) is 11.8 Å². The second-order valence-electron chi connectivity index (χ2n) is 5.36. The number of hydrogen-bond donors (Lipinski definition) is 1. The Morgan fingerprint density at radius 3 is 2.71 bits per heavy atom. The fourth-order valence-electron chi connectivity index (χ4n) is 2.19. The first-order chi connectivity index (χ1) is 11.6. The first-order valence-corrected chi connectivity index (χ1v) is 7.44. The van der Waals surface area contributed by atoms with Crippen LogP contribution >= 0.6 is 0 Å². The summed E-state index contributed by atoms with van der Waals surface area (Å²) in [6.45, 7) is 1.94. The SMILES string of the molecule is Cc1ccc(OCC(=O)Nc2cccc(-c3nnnn3C)c2)cc1. The molecule has 0 spiro atoms. The molecule has 0 bridgehead atoms. The van der Waals surface area contributed by atoms with Gasteiger partial charge < -0.3 is 10.1 Å². The molecule has 0 radical (unpaired) electrons. The van der Waals surface area contributed by atoms with Crippen molar-refractivity contribution in [3.05, 3.63) is 54.1 Å². The van der Waals surface area contributed by atoms with Gasteiger partial charge in [-0.25, -0.2) is 4.68 Å². The van der Waals surface area contributed by atoms with Crippen molar-refractivity contribution in [1.82, 2.24) is 20.2 Å². The summed E-state index contributed by atoms with van der Waals surface area (Å²) in [5.41, 5.74) is 2.62. The van der Waals surface area contributed by atoms with Gasteiger partial charge >= 0.3 is 0 Å². The lowest BCUT2D eigenvalue weighted by atomic mass is 10.2. The summed E-state index contributed by atoms with van der Waals surface area (Å²) in [5, 5.41) is 14.2. The highest BCUT2D eigenvalue weighted by Gasteiger charge is 2.08. The quantitative estimate of drug-likeness (QED) is 0.778. The van der Waals surface area contributed by atoms with Crippen molar-refractivity contribution in [2.24, 2.45) is 7.05 Å². The summed E-state index contributed by atoms with van der Waals surface area (Å²) in [4.78, 5) is 12.0. The molecule has 0 aliphatic rings. The third-order valence-corrected chi connectivity index (χ3v) is 3.42. The lowest BCUT2D eigenvalue weighted by Gasteiger charge is -2.08. The predicted octanol–water partition coefficient (Wildman–Crippen LogP) is 2.20. The second-order valence-corrected chi connectivity index (χ2v) is 5.36. The van der Waals surface area contributed by atoms with Gasteiger partial charge in [0.1, 0.15) is 5.75 Å². The minimum Gasteiger partial charge on any atom is -0.484 e. The number of ether oxygens (including phenoxy) is 1. The number of aromatic nitrogens is 4. The van der Waals surface area contributed by atoms with Gasteiger partial charge in [-0.3, -0.25) is 4.79 Å². The molecule has 1 N–H and O–H groups in total. The van der Waals surface area contributed by atoms with Gasteiger partial charge in [0.2, 0.25) is 0 Å². The zero-order valence-electron chi connectivity index (χ0n) is 13.4. The number of aryl methyl sites for hydroxylation is 2. The van der Waals surface area contributed by atoms with Gasteiger partial charge in [-0.2, -0.15) is 0 Å². The van der Waals surface area contributed by atoms with Crippen LogP contribution in [0, 0.1) is 6.92 Å². The number of amides is 1. The fraction of sp³-hybridized carbons (Fsp3) is 0.176. The Morgan fingerprint density at radius 2 is 2.00 bits per heavy atom. The van der Waals surface area contributed by atoms with E-state index in [1.165, 1.54) is 0 Å². The third-order valence-electron chi connectivity index (χ3n) is 3.42. The molecule has 1 heterocycles. The molecule has 0 fully saturated rings.